The molecule has 1 aromatic carbocycles. The molecule has 0 bridgehead atoms. The molecule has 0 radical (unpaired) electrons. The van der Waals surface area contributed by atoms with Crippen molar-refractivity contribution in [1.82, 2.24) is 5.32 Å². The van der Waals surface area contributed by atoms with E-state index in [0.717, 1.165) is 6.26 Å². The minimum absolute atomic E-state index is 0.161. The molecule has 0 aliphatic rings. The fourth-order valence-electron chi connectivity index (χ4n) is 1.57. The molecule has 0 heterocycles. The van der Waals surface area contributed by atoms with Crippen molar-refractivity contribution in [2.45, 2.75) is 20.6 Å². The fraction of sp³-hybridized carbons (Fsp3) is 0.417. The molecule has 0 aliphatic carbocycles. The molecule has 9 heteroatoms. The number of sulfone groups is 1. The van der Waals surface area contributed by atoms with Crippen molar-refractivity contribution in [2.24, 2.45) is 0 Å². The van der Waals surface area contributed by atoms with Gasteiger partial charge in [0.05, 0.1) is 15.8 Å². The number of rotatable bonds is 6. The average Bonchev–Trinajstić information content (AvgIpc) is 2.42. The van der Waals surface area contributed by atoms with Crippen LogP contribution in [-0.4, -0.2) is 38.1 Å². The summed E-state index contributed by atoms with van der Waals surface area (Å²) >= 11 is 14.1. The lowest BCUT2D eigenvalue weighted by Gasteiger charge is -2.22. The van der Waals surface area contributed by atoms with E-state index < -0.39 is 38.1 Å². The minimum Gasteiger partial charge on any atom is -0.347 e. The van der Waals surface area contributed by atoms with Gasteiger partial charge >= 0.3 is 0 Å². The van der Waals surface area contributed by atoms with E-state index in [0.29, 0.717) is 5.56 Å². The lowest BCUT2D eigenvalue weighted by atomic mass is 10.1. The summed E-state index contributed by atoms with van der Waals surface area (Å²) in [5, 5.41) is 2.37. The molecule has 0 fully saturated rings. The Kier molecular flexibility index (Phi) is 6.90. The molecule has 0 unspecified atom stereocenters. The predicted molar refractivity (Wildman–Crippen MR) is 84.6 cm³/mol. The maximum atomic E-state index is 13.1. The largest absolute Gasteiger partial charge is 0.347 e. The van der Waals surface area contributed by atoms with Gasteiger partial charge in [0, 0.05) is 6.26 Å². The second-order valence-corrected chi connectivity index (χ2v) is 8.41. The molecule has 1 rings (SSSR count). The molecule has 4 nitrogen and oxygen atoms in total. The maximum Gasteiger partial charge on any atom is 0.253 e. The molecule has 2 atom stereocenters. The lowest BCUT2D eigenvalue weighted by molar-refractivity contribution is -0.120. The summed E-state index contributed by atoms with van der Waals surface area (Å²) in [7, 11) is -3.30. The summed E-state index contributed by atoms with van der Waals surface area (Å²) in [6, 6.07) is 5.05. The van der Waals surface area contributed by atoms with Crippen LogP contribution in [0, 0.1) is 0 Å². The van der Waals surface area contributed by atoms with Crippen LogP contribution in [0.4, 0.5) is 4.39 Å². The molecule has 1 N–H and O–H groups in total. The zero-order valence-corrected chi connectivity index (χ0v) is 14.8. The monoisotopic (exact) mass is 419 g/mol. The predicted octanol–water partition coefficient (Wildman–Crippen LogP) is 2.78. The molecule has 21 heavy (non-hydrogen) atoms. The standard InChI is InChI=1S/C12H13BrCl2FNO3S/c1-21(19,20)8-4-2-7(3-5-8)10(13)9(6-16)17-12(18)11(14)15/h2-5,9-11H,6H2,1H3,(H,17,18)/t9-,10+/m1/s1. The molecule has 118 valence electrons. The highest BCUT2D eigenvalue weighted by molar-refractivity contribution is 9.09. The third-order valence-electron chi connectivity index (χ3n) is 2.67. The van der Waals surface area contributed by atoms with Crippen LogP contribution in [0.2, 0.25) is 0 Å². The first-order valence-corrected chi connectivity index (χ1v) is 9.43. The maximum absolute atomic E-state index is 13.1. The van der Waals surface area contributed by atoms with Gasteiger partial charge in [0.1, 0.15) is 6.67 Å². The topological polar surface area (TPSA) is 63.2 Å². The molecule has 0 aromatic heterocycles. The number of alkyl halides is 4. The van der Waals surface area contributed by atoms with E-state index in [-0.39, 0.29) is 4.90 Å². The van der Waals surface area contributed by atoms with Gasteiger partial charge in [0.25, 0.3) is 5.91 Å². The Bertz CT molecular complexity index is 595. The highest BCUT2D eigenvalue weighted by atomic mass is 79.9. The molecule has 0 saturated carbocycles. The summed E-state index contributed by atoms with van der Waals surface area (Å²) in [4.78, 5) is 9.72. The SMILES string of the molecule is CS(=O)(=O)c1ccc([C@H](Br)[C@@H](CF)NC(=O)C(Cl)Cl)cc1. The van der Waals surface area contributed by atoms with Gasteiger partial charge in [-0.3, -0.25) is 4.79 Å². The smallest absolute Gasteiger partial charge is 0.253 e. The number of hydrogen-bond acceptors (Lipinski definition) is 3. The van der Waals surface area contributed by atoms with Crippen LogP contribution in [0.1, 0.15) is 10.4 Å². The lowest BCUT2D eigenvalue weighted by Crippen LogP contribution is -2.41. The van der Waals surface area contributed by atoms with Crippen molar-refractivity contribution in [2.75, 3.05) is 12.9 Å². The second kappa shape index (κ2) is 7.76. The van der Waals surface area contributed by atoms with Crippen molar-refractivity contribution in [3.63, 3.8) is 0 Å². The first-order valence-electron chi connectivity index (χ1n) is 5.75. The zero-order valence-electron chi connectivity index (χ0n) is 10.9. The van der Waals surface area contributed by atoms with Crippen LogP contribution >= 0.6 is 39.1 Å². The van der Waals surface area contributed by atoms with Gasteiger partial charge in [-0.2, -0.15) is 0 Å². The van der Waals surface area contributed by atoms with Gasteiger partial charge in [-0.25, -0.2) is 12.8 Å². The molecule has 1 aromatic rings. The molecular formula is C12H13BrCl2FNO3S. The molecule has 0 spiro atoms. The summed E-state index contributed by atoms with van der Waals surface area (Å²) in [6.45, 7) is -0.837. The Morgan fingerprint density at radius 1 is 1.33 bits per heavy atom. The van der Waals surface area contributed by atoms with Crippen LogP contribution in [0.25, 0.3) is 0 Å². The van der Waals surface area contributed by atoms with E-state index in [1.807, 2.05) is 0 Å². The number of carbonyl (C=O) groups is 1. The van der Waals surface area contributed by atoms with Gasteiger partial charge < -0.3 is 5.32 Å². The summed E-state index contributed by atoms with van der Waals surface area (Å²) in [6.07, 6.45) is 1.10. The molecule has 0 saturated heterocycles. The summed E-state index contributed by atoms with van der Waals surface area (Å²) in [5.41, 5.74) is 0.617. The third kappa shape index (κ3) is 5.39. The van der Waals surface area contributed by atoms with Crippen molar-refractivity contribution >= 4 is 54.9 Å². The second-order valence-electron chi connectivity index (χ2n) is 4.31. The highest BCUT2D eigenvalue weighted by Crippen LogP contribution is 2.28. The Labute approximate surface area is 141 Å². The Morgan fingerprint density at radius 2 is 1.86 bits per heavy atom. The first-order chi connectivity index (χ1) is 9.66. The summed E-state index contributed by atoms with van der Waals surface area (Å²) < 4.78 is 35.8. The molecular weight excluding hydrogens is 408 g/mol. The van der Waals surface area contributed by atoms with Gasteiger partial charge in [-0.05, 0) is 17.7 Å². The quantitative estimate of drug-likeness (QED) is 0.719. The summed E-state index contributed by atoms with van der Waals surface area (Å²) in [5.74, 6) is -0.696. The number of nitrogens with one attached hydrogen (secondary N) is 1. The normalized spacial score (nSPS) is 14.8. The van der Waals surface area contributed by atoms with Crippen LogP contribution in [-0.2, 0) is 14.6 Å². The van der Waals surface area contributed by atoms with Gasteiger partial charge in [-0.1, -0.05) is 51.3 Å². The van der Waals surface area contributed by atoms with Crippen molar-refractivity contribution < 1.29 is 17.6 Å². The third-order valence-corrected chi connectivity index (χ3v) is 5.36. The van der Waals surface area contributed by atoms with Gasteiger partial charge in [0.15, 0.2) is 14.7 Å². The van der Waals surface area contributed by atoms with Crippen molar-refractivity contribution in [3.05, 3.63) is 29.8 Å². The minimum atomic E-state index is -3.30. The number of carbonyl (C=O) groups excluding carboxylic acids is 1. The zero-order chi connectivity index (χ0) is 16.2. The van der Waals surface area contributed by atoms with E-state index >= 15 is 0 Å². The number of halogens is 4. The van der Waals surface area contributed by atoms with Crippen LogP contribution < -0.4 is 5.32 Å². The highest BCUT2D eigenvalue weighted by Gasteiger charge is 2.25. The molecule has 1 amide bonds. The number of hydrogen-bond donors (Lipinski definition) is 1. The van der Waals surface area contributed by atoms with E-state index in [4.69, 9.17) is 23.2 Å². The van der Waals surface area contributed by atoms with Crippen molar-refractivity contribution in [1.29, 1.82) is 0 Å². The van der Waals surface area contributed by atoms with Crippen LogP contribution in [0.5, 0.6) is 0 Å². The number of benzene rings is 1. The van der Waals surface area contributed by atoms with E-state index in [2.05, 4.69) is 21.2 Å². The number of amides is 1. The Balaban J connectivity index is 2.90. The van der Waals surface area contributed by atoms with Crippen molar-refractivity contribution in [3.8, 4) is 0 Å². The van der Waals surface area contributed by atoms with E-state index in [1.165, 1.54) is 12.1 Å². The van der Waals surface area contributed by atoms with E-state index in [9.17, 15) is 17.6 Å². The fourth-order valence-corrected chi connectivity index (χ4v) is 2.90. The van der Waals surface area contributed by atoms with Gasteiger partial charge in [-0.15, -0.1) is 0 Å². The van der Waals surface area contributed by atoms with E-state index in [1.54, 1.807) is 12.1 Å². The first kappa shape index (κ1) is 18.7. The van der Waals surface area contributed by atoms with Crippen LogP contribution in [0.3, 0.4) is 0 Å². The average molecular weight is 421 g/mol. The van der Waals surface area contributed by atoms with Crippen LogP contribution in [0.15, 0.2) is 29.2 Å². The van der Waals surface area contributed by atoms with Gasteiger partial charge in [0.2, 0.25) is 0 Å². The molecule has 0 aliphatic heterocycles. The Hall–Kier alpha value is -0.370. The Morgan fingerprint density at radius 3 is 2.24 bits per heavy atom.